The van der Waals surface area contributed by atoms with E-state index in [0.29, 0.717) is 5.92 Å². The van der Waals surface area contributed by atoms with Crippen LogP contribution in [-0.2, 0) is 0 Å². The molecule has 0 aromatic heterocycles. The van der Waals surface area contributed by atoms with Crippen molar-refractivity contribution in [2.75, 3.05) is 6.54 Å². The van der Waals surface area contributed by atoms with Gasteiger partial charge in [0, 0.05) is 10.1 Å². The lowest BCUT2D eigenvalue weighted by molar-refractivity contribution is 0.573. The maximum atomic E-state index is 5.83. The summed E-state index contributed by atoms with van der Waals surface area (Å²) in [6.45, 7) is 5.33. The van der Waals surface area contributed by atoms with E-state index in [-0.39, 0.29) is 0 Å². The van der Waals surface area contributed by atoms with E-state index in [4.69, 9.17) is 5.73 Å². The Bertz CT molecular complexity index is 344. The van der Waals surface area contributed by atoms with Crippen molar-refractivity contribution in [3.63, 3.8) is 0 Å². The summed E-state index contributed by atoms with van der Waals surface area (Å²) in [4.78, 5) is 1.40. The molecule has 0 amide bonds. The fourth-order valence-electron chi connectivity index (χ4n) is 2.53. The Kier molecular flexibility index (Phi) is 4.52. The van der Waals surface area contributed by atoms with Gasteiger partial charge in [0.1, 0.15) is 0 Å². The van der Waals surface area contributed by atoms with Gasteiger partial charge in [0.05, 0.1) is 0 Å². The van der Waals surface area contributed by atoms with E-state index in [1.807, 2.05) is 11.8 Å². The first-order chi connectivity index (χ1) is 8.20. The zero-order chi connectivity index (χ0) is 12.3. The van der Waals surface area contributed by atoms with Crippen molar-refractivity contribution < 1.29 is 0 Å². The normalized spacial score (nSPS) is 24.5. The molecule has 2 N–H and O–H groups in total. The van der Waals surface area contributed by atoms with Gasteiger partial charge >= 0.3 is 0 Å². The molecule has 0 radical (unpaired) electrons. The molecule has 0 saturated heterocycles. The molecule has 1 aliphatic rings. The lowest BCUT2D eigenvalue weighted by Crippen LogP contribution is -2.20. The Morgan fingerprint density at radius 2 is 1.94 bits per heavy atom. The maximum Gasteiger partial charge on any atom is 0.0135 e. The largest absolute Gasteiger partial charge is 0.330 e. The highest BCUT2D eigenvalue weighted by molar-refractivity contribution is 8.00. The van der Waals surface area contributed by atoms with Gasteiger partial charge in [-0.2, -0.15) is 0 Å². The van der Waals surface area contributed by atoms with Crippen molar-refractivity contribution in [2.24, 2.45) is 11.7 Å². The van der Waals surface area contributed by atoms with Gasteiger partial charge in [-0.15, -0.1) is 11.8 Å². The second kappa shape index (κ2) is 5.92. The number of rotatable bonds is 4. The zero-order valence-corrected chi connectivity index (χ0v) is 11.7. The Labute approximate surface area is 109 Å². The number of nitrogens with two attached hydrogens (primary N) is 1. The van der Waals surface area contributed by atoms with Crippen molar-refractivity contribution in [1.29, 1.82) is 0 Å². The van der Waals surface area contributed by atoms with E-state index in [1.165, 1.54) is 29.7 Å². The third-order valence-electron chi connectivity index (χ3n) is 3.73. The van der Waals surface area contributed by atoms with Crippen LogP contribution in [-0.4, -0.2) is 11.8 Å². The maximum absolute atomic E-state index is 5.83. The molecule has 1 aliphatic carbocycles. The van der Waals surface area contributed by atoms with E-state index in [1.54, 1.807) is 0 Å². The second-order valence-corrected chi connectivity index (χ2v) is 6.62. The second-order valence-electron chi connectivity index (χ2n) is 5.31. The number of thioether (sulfide) groups is 1. The molecule has 0 spiro atoms. The Hall–Kier alpha value is -0.470. The van der Waals surface area contributed by atoms with Crippen LogP contribution in [0, 0.1) is 5.92 Å². The average Bonchev–Trinajstić information content (AvgIpc) is 2.77. The number of benzene rings is 1. The van der Waals surface area contributed by atoms with Crippen molar-refractivity contribution in [1.82, 2.24) is 0 Å². The van der Waals surface area contributed by atoms with Gasteiger partial charge in [0.15, 0.2) is 0 Å². The summed E-state index contributed by atoms with van der Waals surface area (Å²) in [5.74, 6) is 1.35. The number of hydrogen-bond acceptors (Lipinski definition) is 2. The highest BCUT2D eigenvalue weighted by atomic mass is 32.2. The molecule has 0 aliphatic heterocycles. The van der Waals surface area contributed by atoms with Crippen LogP contribution in [0.1, 0.15) is 44.6 Å². The van der Waals surface area contributed by atoms with Crippen LogP contribution in [0.25, 0.3) is 0 Å². The van der Waals surface area contributed by atoms with Crippen molar-refractivity contribution in [2.45, 2.75) is 49.2 Å². The van der Waals surface area contributed by atoms with Gasteiger partial charge in [0.25, 0.3) is 0 Å². The molecule has 17 heavy (non-hydrogen) atoms. The lowest BCUT2D eigenvalue weighted by atomic mass is 10.0. The van der Waals surface area contributed by atoms with Crippen LogP contribution in [0.4, 0.5) is 0 Å². The van der Waals surface area contributed by atoms with Gasteiger partial charge in [-0.05, 0) is 48.9 Å². The van der Waals surface area contributed by atoms with E-state index < -0.39 is 0 Å². The summed E-state index contributed by atoms with van der Waals surface area (Å²) in [6.07, 6.45) is 4.00. The SMILES string of the molecule is CC(C)c1ccc(SC2CCCC2CN)cc1. The predicted molar refractivity (Wildman–Crippen MR) is 76.6 cm³/mol. The van der Waals surface area contributed by atoms with Crippen LogP contribution >= 0.6 is 11.8 Å². The summed E-state index contributed by atoms with van der Waals surface area (Å²) in [6, 6.07) is 9.07. The van der Waals surface area contributed by atoms with E-state index in [9.17, 15) is 0 Å². The Morgan fingerprint density at radius 1 is 1.24 bits per heavy atom. The first kappa shape index (κ1) is 13.0. The fourth-order valence-corrected chi connectivity index (χ4v) is 3.90. The van der Waals surface area contributed by atoms with Gasteiger partial charge in [-0.25, -0.2) is 0 Å². The lowest BCUT2D eigenvalue weighted by Gasteiger charge is -2.17. The molecule has 1 aromatic rings. The van der Waals surface area contributed by atoms with Crippen LogP contribution in [0.2, 0.25) is 0 Å². The molecule has 1 aromatic carbocycles. The summed E-state index contributed by atoms with van der Waals surface area (Å²) in [5.41, 5.74) is 7.26. The third-order valence-corrected chi connectivity index (χ3v) is 5.19. The van der Waals surface area contributed by atoms with Crippen LogP contribution in [0.5, 0.6) is 0 Å². The van der Waals surface area contributed by atoms with Gasteiger partial charge in [-0.3, -0.25) is 0 Å². The minimum Gasteiger partial charge on any atom is -0.330 e. The van der Waals surface area contributed by atoms with E-state index in [2.05, 4.69) is 38.1 Å². The molecular weight excluding hydrogens is 226 g/mol. The molecule has 2 heteroatoms. The monoisotopic (exact) mass is 249 g/mol. The van der Waals surface area contributed by atoms with Crippen LogP contribution < -0.4 is 5.73 Å². The van der Waals surface area contributed by atoms with Gasteiger partial charge in [0.2, 0.25) is 0 Å². The molecule has 0 heterocycles. The highest BCUT2D eigenvalue weighted by Crippen LogP contribution is 2.38. The average molecular weight is 249 g/mol. The van der Waals surface area contributed by atoms with Crippen LogP contribution in [0.15, 0.2) is 29.2 Å². The van der Waals surface area contributed by atoms with Gasteiger partial charge < -0.3 is 5.73 Å². The van der Waals surface area contributed by atoms with E-state index in [0.717, 1.165) is 17.7 Å². The molecular formula is C15H23NS. The minimum absolute atomic E-state index is 0.623. The minimum atomic E-state index is 0.623. The molecule has 1 saturated carbocycles. The third kappa shape index (κ3) is 3.26. The highest BCUT2D eigenvalue weighted by Gasteiger charge is 2.26. The number of hydrogen-bond donors (Lipinski definition) is 1. The zero-order valence-electron chi connectivity index (χ0n) is 10.9. The summed E-state index contributed by atoms with van der Waals surface area (Å²) < 4.78 is 0. The van der Waals surface area contributed by atoms with E-state index >= 15 is 0 Å². The van der Waals surface area contributed by atoms with Crippen molar-refractivity contribution in [3.05, 3.63) is 29.8 Å². The molecule has 2 atom stereocenters. The molecule has 2 rings (SSSR count). The first-order valence-corrected chi connectivity index (χ1v) is 7.55. The molecule has 2 unspecified atom stereocenters. The molecule has 1 nitrogen and oxygen atoms in total. The van der Waals surface area contributed by atoms with Crippen molar-refractivity contribution in [3.8, 4) is 0 Å². The molecule has 1 fully saturated rings. The summed E-state index contributed by atoms with van der Waals surface area (Å²) in [5, 5.41) is 0.741. The standard InChI is InChI=1S/C15H23NS/c1-11(2)12-6-8-14(9-7-12)17-15-5-3-4-13(15)10-16/h6-9,11,13,15H,3-5,10,16H2,1-2H3. The Balaban J connectivity index is 1.99. The van der Waals surface area contributed by atoms with Crippen molar-refractivity contribution >= 4 is 11.8 Å². The molecule has 0 bridgehead atoms. The Morgan fingerprint density at radius 3 is 2.53 bits per heavy atom. The summed E-state index contributed by atoms with van der Waals surface area (Å²) >= 11 is 2.02. The predicted octanol–water partition coefficient (Wildman–Crippen LogP) is 4.03. The molecule has 94 valence electrons. The van der Waals surface area contributed by atoms with Gasteiger partial charge in [-0.1, -0.05) is 32.4 Å². The first-order valence-electron chi connectivity index (χ1n) is 6.67. The summed E-state index contributed by atoms with van der Waals surface area (Å²) in [7, 11) is 0. The smallest absolute Gasteiger partial charge is 0.0135 e. The van der Waals surface area contributed by atoms with Crippen LogP contribution in [0.3, 0.4) is 0 Å². The topological polar surface area (TPSA) is 26.0 Å². The quantitative estimate of drug-likeness (QED) is 0.872. The fraction of sp³-hybridized carbons (Fsp3) is 0.600.